The first-order chi connectivity index (χ1) is 12.2. The van der Waals surface area contributed by atoms with Crippen LogP contribution in [0.4, 0.5) is 20.6 Å². The number of halogens is 1. The summed E-state index contributed by atoms with van der Waals surface area (Å²) in [6.45, 7) is 1.98. The van der Waals surface area contributed by atoms with Crippen molar-refractivity contribution in [2.24, 2.45) is 5.10 Å². The van der Waals surface area contributed by atoms with Crippen LogP contribution in [0.5, 0.6) is 0 Å². The molecule has 9 nitrogen and oxygen atoms in total. The van der Waals surface area contributed by atoms with Crippen molar-refractivity contribution < 1.29 is 13.9 Å². The number of amides is 1. The summed E-state index contributed by atoms with van der Waals surface area (Å²) in [6.07, 6.45) is 3.93. The molecular weight excluding hydrogens is 329 g/mol. The number of hydrogen-bond acceptors (Lipinski definition) is 7. The van der Waals surface area contributed by atoms with Gasteiger partial charge in [-0.25, -0.2) is 13.9 Å². The third-order valence-corrected chi connectivity index (χ3v) is 4.04. The fourth-order valence-electron chi connectivity index (χ4n) is 2.85. The first-order valence-electron chi connectivity index (χ1n) is 7.85. The van der Waals surface area contributed by atoms with E-state index in [2.05, 4.69) is 20.8 Å². The van der Waals surface area contributed by atoms with Gasteiger partial charge in [-0.3, -0.25) is 4.90 Å². The fourth-order valence-corrected chi connectivity index (χ4v) is 2.85. The van der Waals surface area contributed by atoms with Gasteiger partial charge in [-0.2, -0.15) is 5.10 Å². The largest absolute Gasteiger partial charge is 0.442 e. The second-order valence-corrected chi connectivity index (χ2v) is 5.72. The van der Waals surface area contributed by atoms with E-state index < -0.39 is 11.9 Å². The molecule has 4 rings (SSSR count). The van der Waals surface area contributed by atoms with Crippen LogP contribution in [0.1, 0.15) is 0 Å². The number of cyclic esters (lactones) is 1. The maximum absolute atomic E-state index is 14.5. The number of carbonyl (C=O) groups excluding carboxylic acids is 1. The van der Waals surface area contributed by atoms with Crippen LogP contribution in [0.15, 0.2) is 35.7 Å². The minimum absolute atomic E-state index is 0.326. The van der Waals surface area contributed by atoms with Crippen LogP contribution in [0.2, 0.25) is 0 Å². The summed E-state index contributed by atoms with van der Waals surface area (Å²) in [5.74, 6) is -0.418. The van der Waals surface area contributed by atoms with Gasteiger partial charge < -0.3 is 15.1 Å². The van der Waals surface area contributed by atoms with Gasteiger partial charge in [0.05, 0.1) is 37.2 Å². The molecule has 1 saturated heterocycles. The standard InChI is InChI=1S/C15H16FN7O2/c16-13-7-11(1-2-14(13)21-5-3-17-19-10-21)23-9-12(25-15(23)24)8-22-6-4-18-20-22/h1-2,4,6-7,10,12,17H,3,5,8-9H2. The van der Waals surface area contributed by atoms with Gasteiger partial charge in [-0.05, 0) is 18.2 Å². The Labute approximate surface area is 142 Å². The molecule has 130 valence electrons. The van der Waals surface area contributed by atoms with E-state index in [1.165, 1.54) is 11.0 Å². The van der Waals surface area contributed by atoms with Crippen molar-refractivity contribution in [2.45, 2.75) is 12.6 Å². The number of nitrogens with zero attached hydrogens (tertiary/aromatic N) is 6. The Kier molecular flexibility index (Phi) is 3.92. The molecule has 1 amide bonds. The lowest BCUT2D eigenvalue weighted by molar-refractivity contribution is 0.129. The summed E-state index contributed by atoms with van der Waals surface area (Å²) in [5, 5.41) is 11.5. The fraction of sp³-hybridized carbons (Fsp3) is 0.333. The SMILES string of the molecule is O=C1OC(Cn2ccnn2)CN1c1ccc(N2C=NNCC2)c(F)c1. The molecule has 2 aliphatic heterocycles. The quantitative estimate of drug-likeness (QED) is 0.882. The summed E-state index contributed by atoms with van der Waals surface area (Å²) >= 11 is 0. The van der Waals surface area contributed by atoms with E-state index in [1.54, 1.807) is 40.4 Å². The first kappa shape index (κ1) is 15.4. The van der Waals surface area contributed by atoms with Gasteiger partial charge in [0.1, 0.15) is 18.3 Å². The van der Waals surface area contributed by atoms with Gasteiger partial charge >= 0.3 is 6.09 Å². The lowest BCUT2D eigenvalue weighted by Gasteiger charge is -2.24. The Morgan fingerprint density at radius 2 is 2.32 bits per heavy atom. The van der Waals surface area contributed by atoms with Gasteiger partial charge in [-0.1, -0.05) is 5.21 Å². The molecule has 0 radical (unpaired) electrons. The number of hydrazone groups is 1. The molecule has 2 aromatic rings. The summed E-state index contributed by atoms with van der Waals surface area (Å²) in [6, 6.07) is 4.68. The predicted octanol–water partition coefficient (Wildman–Crippen LogP) is 0.795. The Balaban J connectivity index is 1.49. The molecule has 0 bridgehead atoms. The highest BCUT2D eigenvalue weighted by atomic mass is 19.1. The third kappa shape index (κ3) is 3.10. The highest BCUT2D eigenvalue weighted by Crippen LogP contribution is 2.28. The summed E-state index contributed by atoms with van der Waals surface area (Å²) in [5.41, 5.74) is 3.69. The Bertz CT molecular complexity index is 795. The summed E-state index contributed by atoms with van der Waals surface area (Å²) in [4.78, 5) is 15.2. The molecule has 0 spiro atoms. The van der Waals surface area contributed by atoms with E-state index in [1.807, 2.05) is 0 Å². The minimum atomic E-state index is -0.499. The molecular formula is C15H16FN7O2. The maximum atomic E-state index is 14.5. The molecule has 0 saturated carbocycles. The molecule has 1 N–H and O–H groups in total. The zero-order valence-corrected chi connectivity index (χ0v) is 13.2. The second-order valence-electron chi connectivity index (χ2n) is 5.72. The lowest BCUT2D eigenvalue weighted by Crippen LogP contribution is -2.35. The molecule has 10 heteroatoms. The van der Waals surface area contributed by atoms with Crippen LogP contribution < -0.4 is 15.2 Å². The van der Waals surface area contributed by atoms with Crippen molar-refractivity contribution in [3.63, 3.8) is 0 Å². The second kappa shape index (κ2) is 6.38. The van der Waals surface area contributed by atoms with Gasteiger partial charge in [0.2, 0.25) is 0 Å². The van der Waals surface area contributed by atoms with Crippen LogP contribution in [0, 0.1) is 5.82 Å². The molecule has 1 atom stereocenters. The van der Waals surface area contributed by atoms with Crippen LogP contribution in [-0.2, 0) is 11.3 Å². The minimum Gasteiger partial charge on any atom is -0.442 e. The topological polar surface area (TPSA) is 87.9 Å². The maximum Gasteiger partial charge on any atom is 0.414 e. The van der Waals surface area contributed by atoms with Crippen LogP contribution in [-0.4, -0.2) is 53.2 Å². The third-order valence-electron chi connectivity index (χ3n) is 4.04. The number of rotatable bonds is 4. The molecule has 1 aromatic heterocycles. The molecule has 1 unspecified atom stereocenters. The van der Waals surface area contributed by atoms with Crippen molar-refractivity contribution in [3.05, 3.63) is 36.4 Å². The van der Waals surface area contributed by atoms with Crippen LogP contribution >= 0.6 is 0 Å². The van der Waals surface area contributed by atoms with Crippen molar-refractivity contribution in [1.82, 2.24) is 20.4 Å². The summed E-state index contributed by atoms with van der Waals surface area (Å²) in [7, 11) is 0. The molecule has 1 aromatic carbocycles. The van der Waals surface area contributed by atoms with Crippen molar-refractivity contribution >= 4 is 23.8 Å². The van der Waals surface area contributed by atoms with E-state index in [9.17, 15) is 9.18 Å². The highest BCUT2D eigenvalue weighted by Gasteiger charge is 2.33. The van der Waals surface area contributed by atoms with Gasteiger partial charge in [0.25, 0.3) is 0 Å². The smallest absolute Gasteiger partial charge is 0.414 e. The average Bonchev–Trinajstić information content (AvgIpc) is 3.25. The average molecular weight is 345 g/mol. The lowest BCUT2D eigenvalue weighted by atomic mass is 10.2. The number of anilines is 2. The molecule has 0 aliphatic carbocycles. The zero-order chi connectivity index (χ0) is 17.2. The van der Waals surface area contributed by atoms with Crippen molar-refractivity contribution in [2.75, 3.05) is 29.4 Å². The van der Waals surface area contributed by atoms with Gasteiger partial charge in [-0.15, -0.1) is 5.10 Å². The van der Waals surface area contributed by atoms with E-state index in [4.69, 9.17) is 4.74 Å². The van der Waals surface area contributed by atoms with E-state index in [0.717, 1.165) is 0 Å². The van der Waals surface area contributed by atoms with Crippen LogP contribution in [0.3, 0.4) is 0 Å². The molecule has 3 heterocycles. The summed E-state index contributed by atoms with van der Waals surface area (Å²) < 4.78 is 21.4. The number of benzene rings is 1. The molecule has 2 aliphatic rings. The molecule has 25 heavy (non-hydrogen) atoms. The number of carbonyl (C=O) groups is 1. The normalized spacial score (nSPS) is 19.9. The van der Waals surface area contributed by atoms with Gasteiger partial charge in [0, 0.05) is 12.7 Å². The monoisotopic (exact) mass is 345 g/mol. The number of aromatic nitrogens is 3. The van der Waals surface area contributed by atoms with Crippen molar-refractivity contribution in [3.8, 4) is 0 Å². The van der Waals surface area contributed by atoms with Crippen LogP contribution in [0.25, 0.3) is 0 Å². The highest BCUT2D eigenvalue weighted by molar-refractivity contribution is 5.90. The van der Waals surface area contributed by atoms with Gasteiger partial charge in [0.15, 0.2) is 0 Å². The number of ether oxygens (including phenoxy) is 1. The van der Waals surface area contributed by atoms with E-state index in [0.29, 0.717) is 37.6 Å². The van der Waals surface area contributed by atoms with E-state index >= 15 is 0 Å². The molecule has 1 fully saturated rings. The van der Waals surface area contributed by atoms with E-state index in [-0.39, 0.29) is 6.10 Å². The Morgan fingerprint density at radius 1 is 1.40 bits per heavy atom. The number of hydrogen-bond donors (Lipinski definition) is 1. The van der Waals surface area contributed by atoms with Crippen molar-refractivity contribution in [1.29, 1.82) is 0 Å². The Morgan fingerprint density at radius 3 is 3.04 bits per heavy atom. The Hall–Kier alpha value is -3.17. The zero-order valence-electron chi connectivity index (χ0n) is 13.2. The predicted molar refractivity (Wildman–Crippen MR) is 87.9 cm³/mol. The first-order valence-corrected chi connectivity index (χ1v) is 7.85. The number of nitrogens with one attached hydrogen (secondary N) is 1.